The van der Waals surface area contributed by atoms with Gasteiger partial charge in [0.1, 0.15) is 5.75 Å². The third-order valence-corrected chi connectivity index (χ3v) is 5.00. The molecule has 26 heavy (non-hydrogen) atoms. The van der Waals surface area contributed by atoms with Crippen LogP contribution in [0, 0.1) is 0 Å². The Bertz CT molecular complexity index is 761. The minimum atomic E-state index is -0.0606. The molecule has 1 fully saturated rings. The molecule has 6 heteroatoms. The molecule has 0 spiro atoms. The van der Waals surface area contributed by atoms with Crippen molar-refractivity contribution in [3.05, 3.63) is 58.1 Å². The molecule has 0 atom stereocenters. The van der Waals surface area contributed by atoms with Gasteiger partial charge in [0.15, 0.2) is 0 Å². The molecule has 1 saturated carbocycles. The Morgan fingerprint density at radius 2 is 1.92 bits per heavy atom. The fraction of sp³-hybridized carbons (Fsp3) is 0.350. The monoisotopic (exact) mass is 392 g/mol. The lowest BCUT2D eigenvalue weighted by Crippen LogP contribution is -2.29. The minimum absolute atomic E-state index is 0.0606. The maximum Gasteiger partial charge on any atom is 0.225 e. The van der Waals surface area contributed by atoms with Crippen LogP contribution in [-0.2, 0) is 11.3 Å². The fourth-order valence-electron chi connectivity index (χ4n) is 2.85. The van der Waals surface area contributed by atoms with E-state index in [9.17, 15) is 4.79 Å². The number of anilines is 1. The van der Waals surface area contributed by atoms with Crippen molar-refractivity contribution in [2.45, 2.75) is 31.8 Å². The molecule has 2 aromatic rings. The van der Waals surface area contributed by atoms with Crippen molar-refractivity contribution in [1.29, 1.82) is 0 Å². The van der Waals surface area contributed by atoms with Crippen molar-refractivity contribution < 1.29 is 9.53 Å². The molecule has 0 bridgehead atoms. The third kappa shape index (κ3) is 5.37. The van der Waals surface area contributed by atoms with E-state index >= 15 is 0 Å². The Kier molecular flexibility index (Phi) is 6.41. The summed E-state index contributed by atoms with van der Waals surface area (Å²) >= 11 is 12.1. The van der Waals surface area contributed by atoms with Crippen LogP contribution in [0.3, 0.4) is 0 Å². The zero-order valence-electron chi connectivity index (χ0n) is 14.7. The summed E-state index contributed by atoms with van der Waals surface area (Å²) in [6.07, 6.45) is 2.80. The molecule has 0 aliphatic heterocycles. The van der Waals surface area contributed by atoms with E-state index in [0.717, 1.165) is 12.3 Å². The molecule has 0 saturated heterocycles. The van der Waals surface area contributed by atoms with Gasteiger partial charge in [-0.25, -0.2) is 0 Å². The highest BCUT2D eigenvalue weighted by Crippen LogP contribution is 2.29. The largest absolute Gasteiger partial charge is 0.497 e. The molecule has 1 aliphatic carbocycles. The molecule has 0 aromatic heterocycles. The number of ether oxygens (including phenoxy) is 1. The molecular weight excluding hydrogens is 371 g/mol. The smallest absolute Gasteiger partial charge is 0.225 e. The van der Waals surface area contributed by atoms with Crippen molar-refractivity contribution in [2.75, 3.05) is 19.0 Å². The van der Waals surface area contributed by atoms with Gasteiger partial charge in [0.05, 0.1) is 17.8 Å². The predicted octanol–water partition coefficient (Wildman–Crippen LogP) is 5.00. The number of rotatable bonds is 8. The zero-order chi connectivity index (χ0) is 18.5. The molecule has 4 nitrogen and oxygen atoms in total. The van der Waals surface area contributed by atoms with E-state index in [1.54, 1.807) is 25.3 Å². The molecular formula is C20H22Cl2N2O2. The van der Waals surface area contributed by atoms with Crippen LogP contribution in [0.1, 0.15) is 24.8 Å². The van der Waals surface area contributed by atoms with Crippen molar-refractivity contribution in [3.63, 3.8) is 0 Å². The van der Waals surface area contributed by atoms with Gasteiger partial charge in [0, 0.05) is 30.6 Å². The zero-order valence-corrected chi connectivity index (χ0v) is 16.2. The summed E-state index contributed by atoms with van der Waals surface area (Å²) in [5.41, 5.74) is 1.77. The molecule has 1 amide bonds. The molecule has 2 aromatic carbocycles. The van der Waals surface area contributed by atoms with E-state index in [0.29, 0.717) is 34.7 Å². The van der Waals surface area contributed by atoms with Crippen LogP contribution >= 0.6 is 23.2 Å². The van der Waals surface area contributed by atoms with Crippen molar-refractivity contribution >= 4 is 34.8 Å². The number of carbonyl (C=O) groups is 1. The van der Waals surface area contributed by atoms with Crippen LogP contribution < -0.4 is 10.1 Å². The number of amides is 1. The van der Waals surface area contributed by atoms with Crippen molar-refractivity contribution in [2.24, 2.45) is 0 Å². The quantitative estimate of drug-likeness (QED) is 0.687. The first-order chi connectivity index (χ1) is 12.5. The van der Waals surface area contributed by atoms with Crippen LogP contribution in [-0.4, -0.2) is 30.5 Å². The standard InChI is InChI=1S/C20H22Cl2N2O2/c1-26-17-7-2-14(3-8-17)13-24(16-5-6-16)11-10-20(25)23-19-12-15(21)4-9-18(19)22/h2-4,7-9,12,16H,5-6,10-11,13H2,1H3,(H,23,25). The Hall–Kier alpha value is -1.75. The van der Waals surface area contributed by atoms with Gasteiger partial charge in [0.2, 0.25) is 5.91 Å². The van der Waals surface area contributed by atoms with Gasteiger partial charge in [-0.15, -0.1) is 0 Å². The molecule has 0 radical (unpaired) electrons. The molecule has 1 aliphatic rings. The SMILES string of the molecule is COc1ccc(CN(CCC(=O)Nc2cc(Cl)ccc2Cl)C2CC2)cc1. The van der Waals surface area contributed by atoms with E-state index < -0.39 is 0 Å². The summed E-state index contributed by atoms with van der Waals surface area (Å²) in [7, 11) is 1.66. The number of carbonyl (C=O) groups excluding carboxylic acids is 1. The van der Waals surface area contributed by atoms with Crippen LogP contribution in [0.4, 0.5) is 5.69 Å². The Morgan fingerprint density at radius 3 is 2.58 bits per heavy atom. The highest BCUT2D eigenvalue weighted by molar-refractivity contribution is 6.35. The number of methoxy groups -OCH3 is 1. The molecule has 0 unspecified atom stereocenters. The molecule has 0 heterocycles. The average Bonchev–Trinajstić information content (AvgIpc) is 3.47. The molecule has 138 valence electrons. The second-order valence-electron chi connectivity index (χ2n) is 6.47. The number of nitrogens with zero attached hydrogens (tertiary/aromatic N) is 1. The lowest BCUT2D eigenvalue weighted by molar-refractivity contribution is -0.116. The maximum absolute atomic E-state index is 12.3. The Labute approximate surface area is 164 Å². The number of nitrogens with one attached hydrogen (secondary N) is 1. The van der Waals surface area contributed by atoms with E-state index in [-0.39, 0.29) is 5.91 Å². The first-order valence-corrected chi connectivity index (χ1v) is 9.42. The topological polar surface area (TPSA) is 41.6 Å². The normalized spacial score (nSPS) is 13.7. The van der Waals surface area contributed by atoms with Crippen molar-refractivity contribution in [1.82, 2.24) is 4.90 Å². The summed E-state index contributed by atoms with van der Waals surface area (Å²) in [6, 6.07) is 13.7. The summed E-state index contributed by atoms with van der Waals surface area (Å²) in [4.78, 5) is 14.7. The van der Waals surface area contributed by atoms with Gasteiger partial charge < -0.3 is 10.1 Å². The van der Waals surface area contributed by atoms with E-state index in [1.807, 2.05) is 12.1 Å². The van der Waals surface area contributed by atoms with Gasteiger partial charge in [-0.05, 0) is 48.7 Å². The number of hydrogen-bond acceptors (Lipinski definition) is 3. The Balaban J connectivity index is 1.54. The van der Waals surface area contributed by atoms with Gasteiger partial charge in [0.25, 0.3) is 0 Å². The van der Waals surface area contributed by atoms with Crippen LogP contribution in [0.15, 0.2) is 42.5 Å². The Morgan fingerprint density at radius 1 is 1.19 bits per heavy atom. The van der Waals surface area contributed by atoms with E-state index in [1.165, 1.54) is 18.4 Å². The van der Waals surface area contributed by atoms with Gasteiger partial charge in [-0.3, -0.25) is 9.69 Å². The first-order valence-electron chi connectivity index (χ1n) is 8.67. The summed E-state index contributed by atoms with van der Waals surface area (Å²) < 4.78 is 5.20. The second-order valence-corrected chi connectivity index (χ2v) is 7.32. The highest BCUT2D eigenvalue weighted by atomic mass is 35.5. The molecule has 3 rings (SSSR count). The molecule has 1 N–H and O–H groups in total. The highest BCUT2D eigenvalue weighted by Gasteiger charge is 2.29. The van der Waals surface area contributed by atoms with Crippen LogP contribution in [0.25, 0.3) is 0 Å². The number of hydrogen-bond donors (Lipinski definition) is 1. The summed E-state index contributed by atoms with van der Waals surface area (Å²) in [5, 5.41) is 3.88. The average molecular weight is 393 g/mol. The van der Waals surface area contributed by atoms with E-state index in [2.05, 4.69) is 22.3 Å². The summed E-state index contributed by atoms with van der Waals surface area (Å²) in [6.45, 7) is 1.54. The third-order valence-electron chi connectivity index (χ3n) is 4.44. The second kappa shape index (κ2) is 8.76. The number of halogens is 2. The summed E-state index contributed by atoms with van der Waals surface area (Å²) in [5.74, 6) is 0.791. The predicted molar refractivity (Wildman–Crippen MR) is 106 cm³/mol. The van der Waals surface area contributed by atoms with Gasteiger partial charge in [-0.2, -0.15) is 0 Å². The van der Waals surface area contributed by atoms with Gasteiger partial charge >= 0.3 is 0 Å². The number of benzene rings is 2. The lowest BCUT2D eigenvalue weighted by atomic mass is 10.2. The fourth-order valence-corrected chi connectivity index (χ4v) is 3.18. The lowest BCUT2D eigenvalue weighted by Gasteiger charge is -2.22. The van der Waals surface area contributed by atoms with E-state index in [4.69, 9.17) is 27.9 Å². The van der Waals surface area contributed by atoms with Crippen LogP contribution in [0.5, 0.6) is 5.75 Å². The first kappa shape index (κ1) is 19.0. The van der Waals surface area contributed by atoms with Gasteiger partial charge in [-0.1, -0.05) is 35.3 Å². The maximum atomic E-state index is 12.3. The van der Waals surface area contributed by atoms with Crippen molar-refractivity contribution in [3.8, 4) is 5.75 Å². The van der Waals surface area contributed by atoms with Crippen LogP contribution in [0.2, 0.25) is 10.0 Å². The minimum Gasteiger partial charge on any atom is -0.497 e.